The average Bonchev–Trinajstić information content (AvgIpc) is 2.46. The molecule has 1 N–H and O–H groups in total. The summed E-state index contributed by atoms with van der Waals surface area (Å²) in [5.74, 6) is -0.286. The fourth-order valence-electron chi connectivity index (χ4n) is 1.71. The first kappa shape index (κ1) is 14.4. The van der Waals surface area contributed by atoms with Crippen molar-refractivity contribution >= 4 is 17.5 Å². The molecule has 2 rings (SSSR count). The highest BCUT2D eigenvalue weighted by atomic mass is 35.5. The fourth-order valence-corrected chi connectivity index (χ4v) is 1.81. The molecule has 0 radical (unpaired) electrons. The van der Waals surface area contributed by atoms with Crippen molar-refractivity contribution in [2.24, 2.45) is 0 Å². The van der Waals surface area contributed by atoms with Crippen LogP contribution in [-0.4, -0.2) is 23.2 Å². The van der Waals surface area contributed by atoms with Gasteiger partial charge in [0.25, 0.3) is 5.91 Å². The van der Waals surface area contributed by atoms with Gasteiger partial charge in [-0.15, -0.1) is 10.2 Å². The Kier molecular flexibility index (Phi) is 5.03. The first-order valence-corrected chi connectivity index (χ1v) is 6.41. The predicted octanol–water partition coefficient (Wildman–Crippen LogP) is 2.21. The first-order chi connectivity index (χ1) is 9.69. The van der Waals surface area contributed by atoms with Crippen molar-refractivity contribution in [1.29, 1.82) is 0 Å². The number of hydrogen-bond acceptors (Lipinski definition) is 4. The molecule has 0 saturated carbocycles. The molecule has 0 aliphatic rings. The van der Waals surface area contributed by atoms with E-state index in [9.17, 15) is 4.79 Å². The Morgan fingerprint density at radius 1 is 1.25 bits per heavy atom. The number of methoxy groups -OCH3 is 1. The molecule has 1 aromatic heterocycles. The van der Waals surface area contributed by atoms with Gasteiger partial charge in [-0.05, 0) is 23.3 Å². The Labute approximate surface area is 121 Å². The molecule has 0 aliphatic carbocycles. The highest BCUT2D eigenvalue weighted by molar-refractivity contribution is 6.29. The molecule has 0 fully saturated rings. The lowest BCUT2D eigenvalue weighted by Gasteiger charge is -2.06. The number of halogens is 1. The standard InChI is InChI=1S/C14H14ClN3O2/c1-20-9-11-4-2-3-10(7-11)8-16-14(19)12-5-6-13(15)18-17-12/h2-7H,8-9H2,1H3,(H,16,19). The van der Waals surface area contributed by atoms with Crippen LogP contribution < -0.4 is 5.32 Å². The molecule has 0 atom stereocenters. The minimum absolute atomic E-state index is 0.238. The van der Waals surface area contributed by atoms with Crippen molar-refractivity contribution in [3.05, 3.63) is 58.4 Å². The smallest absolute Gasteiger partial charge is 0.272 e. The van der Waals surface area contributed by atoms with Crippen molar-refractivity contribution in [3.8, 4) is 0 Å². The Bertz CT molecular complexity index is 587. The normalized spacial score (nSPS) is 10.3. The Morgan fingerprint density at radius 2 is 2.05 bits per heavy atom. The molecular weight excluding hydrogens is 278 g/mol. The Hall–Kier alpha value is -1.98. The van der Waals surface area contributed by atoms with E-state index in [4.69, 9.17) is 16.3 Å². The summed E-state index contributed by atoms with van der Waals surface area (Å²) >= 11 is 5.62. The van der Waals surface area contributed by atoms with Gasteiger partial charge in [-0.3, -0.25) is 4.79 Å². The van der Waals surface area contributed by atoms with Crippen molar-refractivity contribution in [2.75, 3.05) is 7.11 Å². The summed E-state index contributed by atoms with van der Waals surface area (Å²) in [6, 6.07) is 10.9. The van der Waals surface area contributed by atoms with Crippen LogP contribution in [0.4, 0.5) is 0 Å². The van der Waals surface area contributed by atoms with E-state index in [1.54, 1.807) is 7.11 Å². The van der Waals surface area contributed by atoms with E-state index in [1.165, 1.54) is 12.1 Å². The third-order valence-corrected chi connectivity index (χ3v) is 2.82. The minimum Gasteiger partial charge on any atom is -0.380 e. The highest BCUT2D eigenvalue weighted by Crippen LogP contribution is 2.07. The zero-order valence-corrected chi connectivity index (χ0v) is 11.7. The second-order valence-corrected chi connectivity index (χ2v) is 4.56. The monoisotopic (exact) mass is 291 g/mol. The second-order valence-electron chi connectivity index (χ2n) is 4.18. The molecule has 2 aromatic rings. The summed E-state index contributed by atoms with van der Waals surface area (Å²) in [5, 5.41) is 10.4. The van der Waals surface area contributed by atoms with E-state index in [2.05, 4.69) is 15.5 Å². The SMILES string of the molecule is COCc1cccc(CNC(=O)c2ccc(Cl)nn2)c1. The van der Waals surface area contributed by atoms with Gasteiger partial charge >= 0.3 is 0 Å². The maximum atomic E-state index is 11.9. The van der Waals surface area contributed by atoms with Gasteiger partial charge in [-0.2, -0.15) is 0 Å². The highest BCUT2D eigenvalue weighted by Gasteiger charge is 2.07. The zero-order chi connectivity index (χ0) is 14.4. The summed E-state index contributed by atoms with van der Waals surface area (Å²) < 4.78 is 5.07. The lowest BCUT2D eigenvalue weighted by Crippen LogP contribution is -2.24. The number of rotatable bonds is 5. The number of aromatic nitrogens is 2. The topological polar surface area (TPSA) is 64.1 Å². The molecule has 0 saturated heterocycles. The van der Waals surface area contributed by atoms with Gasteiger partial charge in [0.1, 0.15) is 0 Å². The molecule has 0 unspecified atom stereocenters. The second kappa shape index (κ2) is 6.98. The molecule has 1 aromatic carbocycles. The van der Waals surface area contributed by atoms with E-state index in [0.29, 0.717) is 13.2 Å². The van der Waals surface area contributed by atoms with E-state index in [1.807, 2.05) is 24.3 Å². The number of carbonyl (C=O) groups is 1. The molecular formula is C14H14ClN3O2. The third-order valence-electron chi connectivity index (χ3n) is 2.62. The quantitative estimate of drug-likeness (QED) is 0.917. The summed E-state index contributed by atoms with van der Waals surface area (Å²) in [6.07, 6.45) is 0. The maximum absolute atomic E-state index is 11.9. The van der Waals surface area contributed by atoms with Crippen LogP contribution in [0.25, 0.3) is 0 Å². The molecule has 5 nitrogen and oxygen atoms in total. The molecule has 0 bridgehead atoms. The van der Waals surface area contributed by atoms with Gasteiger partial charge < -0.3 is 10.1 Å². The van der Waals surface area contributed by atoms with E-state index in [-0.39, 0.29) is 16.8 Å². The molecule has 104 valence electrons. The molecule has 0 aliphatic heterocycles. The maximum Gasteiger partial charge on any atom is 0.272 e. The van der Waals surface area contributed by atoms with Crippen LogP contribution in [0.5, 0.6) is 0 Å². The van der Waals surface area contributed by atoms with E-state index in [0.717, 1.165) is 11.1 Å². The van der Waals surface area contributed by atoms with Crippen LogP contribution in [0.1, 0.15) is 21.6 Å². The fraction of sp³-hybridized carbons (Fsp3) is 0.214. The lowest BCUT2D eigenvalue weighted by atomic mass is 10.1. The number of amides is 1. The number of ether oxygens (including phenoxy) is 1. The van der Waals surface area contributed by atoms with Gasteiger partial charge in [-0.25, -0.2) is 0 Å². The van der Waals surface area contributed by atoms with Crippen LogP contribution in [0.3, 0.4) is 0 Å². The van der Waals surface area contributed by atoms with Crippen LogP contribution in [-0.2, 0) is 17.9 Å². The van der Waals surface area contributed by atoms with Crippen molar-refractivity contribution in [1.82, 2.24) is 15.5 Å². The Balaban J connectivity index is 1.96. The lowest BCUT2D eigenvalue weighted by molar-refractivity contribution is 0.0945. The van der Waals surface area contributed by atoms with Crippen LogP contribution in [0.15, 0.2) is 36.4 Å². The van der Waals surface area contributed by atoms with Crippen LogP contribution in [0.2, 0.25) is 5.15 Å². The summed E-state index contributed by atoms with van der Waals surface area (Å²) in [4.78, 5) is 11.9. The number of nitrogens with zero attached hydrogens (tertiary/aromatic N) is 2. The average molecular weight is 292 g/mol. The number of benzene rings is 1. The molecule has 1 heterocycles. The third kappa shape index (κ3) is 4.01. The van der Waals surface area contributed by atoms with Gasteiger partial charge in [0.2, 0.25) is 0 Å². The molecule has 20 heavy (non-hydrogen) atoms. The van der Waals surface area contributed by atoms with E-state index >= 15 is 0 Å². The number of carbonyl (C=O) groups excluding carboxylic acids is 1. The predicted molar refractivity (Wildman–Crippen MR) is 75.4 cm³/mol. The van der Waals surface area contributed by atoms with Crippen LogP contribution >= 0.6 is 11.6 Å². The van der Waals surface area contributed by atoms with Gasteiger partial charge in [0, 0.05) is 13.7 Å². The number of hydrogen-bond donors (Lipinski definition) is 1. The molecule has 6 heteroatoms. The largest absolute Gasteiger partial charge is 0.380 e. The van der Waals surface area contributed by atoms with E-state index < -0.39 is 0 Å². The summed E-state index contributed by atoms with van der Waals surface area (Å²) in [7, 11) is 1.65. The minimum atomic E-state index is -0.286. The van der Waals surface area contributed by atoms with Gasteiger partial charge in [0.15, 0.2) is 10.8 Å². The summed E-state index contributed by atoms with van der Waals surface area (Å²) in [6.45, 7) is 0.963. The molecule has 0 spiro atoms. The van der Waals surface area contributed by atoms with Crippen molar-refractivity contribution in [3.63, 3.8) is 0 Å². The first-order valence-electron chi connectivity index (χ1n) is 6.03. The summed E-state index contributed by atoms with van der Waals surface area (Å²) in [5.41, 5.74) is 2.29. The van der Waals surface area contributed by atoms with Crippen molar-refractivity contribution in [2.45, 2.75) is 13.2 Å². The number of nitrogens with one attached hydrogen (secondary N) is 1. The zero-order valence-electron chi connectivity index (χ0n) is 11.0. The van der Waals surface area contributed by atoms with Gasteiger partial charge in [-0.1, -0.05) is 35.9 Å². The van der Waals surface area contributed by atoms with Gasteiger partial charge in [0.05, 0.1) is 6.61 Å². The van der Waals surface area contributed by atoms with Crippen molar-refractivity contribution < 1.29 is 9.53 Å². The Morgan fingerprint density at radius 3 is 2.75 bits per heavy atom. The van der Waals surface area contributed by atoms with Crippen LogP contribution in [0, 0.1) is 0 Å². The molecule has 1 amide bonds.